The lowest BCUT2D eigenvalue weighted by atomic mass is 9.86. The van der Waals surface area contributed by atoms with E-state index in [0.29, 0.717) is 23.9 Å². The minimum Gasteiger partial charge on any atom is -0.478 e. The summed E-state index contributed by atoms with van der Waals surface area (Å²) in [5, 5.41) is 0. The van der Waals surface area contributed by atoms with Gasteiger partial charge in [-0.2, -0.15) is 0 Å². The van der Waals surface area contributed by atoms with Gasteiger partial charge in [0.15, 0.2) is 18.1 Å². The molecule has 0 fully saturated rings. The average molecular weight is 461 g/mol. The number of hydrogen-bond acceptors (Lipinski definition) is 4. The van der Waals surface area contributed by atoms with Crippen molar-refractivity contribution in [2.45, 2.75) is 59.3 Å². The van der Waals surface area contributed by atoms with Crippen LogP contribution in [0.4, 0.5) is 0 Å². The van der Waals surface area contributed by atoms with Crippen molar-refractivity contribution < 1.29 is 19.0 Å². The van der Waals surface area contributed by atoms with E-state index in [1.54, 1.807) is 6.92 Å². The molecule has 0 aliphatic rings. The largest absolute Gasteiger partial charge is 0.478 e. The van der Waals surface area contributed by atoms with Gasteiger partial charge in [-0.25, -0.2) is 4.79 Å². The topological polar surface area (TPSA) is 44.8 Å². The van der Waals surface area contributed by atoms with E-state index in [2.05, 4.69) is 71.9 Å². The minimum atomic E-state index is -0.412. The molecule has 0 heterocycles. The van der Waals surface area contributed by atoms with Crippen molar-refractivity contribution in [3.8, 4) is 28.4 Å². The molecule has 4 heteroatoms. The molecule has 0 saturated carbocycles. The highest BCUT2D eigenvalue weighted by atomic mass is 16.6. The summed E-state index contributed by atoms with van der Waals surface area (Å²) in [6, 6.07) is 22.4. The van der Waals surface area contributed by atoms with Crippen LogP contribution in [0.15, 0.2) is 66.7 Å². The van der Waals surface area contributed by atoms with E-state index in [4.69, 9.17) is 14.2 Å². The molecular weight excluding hydrogens is 424 g/mol. The van der Waals surface area contributed by atoms with E-state index in [1.165, 1.54) is 11.1 Å². The van der Waals surface area contributed by atoms with Crippen molar-refractivity contribution in [3.05, 3.63) is 77.9 Å². The van der Waals surface area contributed by atoms with E-state index in [1.807, 2.05) is 36.4 Å². The van der Waals surface area contributed by atoms with Crippen molar-refractivity contribution >= 4 is 5.97 Å². The van der Waals surface area contributed by atoms with Crippen molar-refractivity contribution in [1.82, 2.24) is 0 Å². The summed E-state index contributed by atoms with van der Waals surface area (Å²) in [7, 11) is 0. The van der Waals surface area contributed by atoms with Gasteiger partial charge in [0.05, 0.1) is 6.61 Å². The second kappa shape index (κ2) is 10.3. The third-order valence-electron chi connectivity index (χ3n) is 5.61. The number of ether oxygens (including phenoxy) is 3. The number of rotatable bonds is 7. The van der Waals surface area contributed by atoms with Crippen LogP contribution in [-0.4, -0.2) is 19.2 Å². The van der Waals surface area contributed by atoms with E-state index >= 15 is 0 Å². The first-order chi connectivity index (χ1) is 16.0. The van der Waals surface area contributed by atoms with Crippen LogP contribution in [-0.2, 0) is 20.4 Å². The van der Waals surface area contributed by atoms with Crippen molar-refractivity contribution in [1.29, 1.82) is 0 Å². The van der Waals surface area contributed by atoms with Crippen LogP contribution < -0.4 is 9.47 Å². The highest BCUT2D eigenvalue weighted by molar-refractivity contribution is 5.72. The van der Waals surface area contributed by atoms with Gasteiger partial charge in [-0.3, -0.25) is 0 Å². The lowest BCUT2D eigenvalue weighted by Crippen LogP contribution is -2.14. The normalized spacial score (nSPS) is 11.7. The Labute approximate surface area is 203 Å². The molecule has 0 unspecified atom stereocenters. The van der Waals surface area contributed by atoms with Gasteiger partial charge in [0.1, 0.15) is 5.75 Å². The van der Waals surface area contributed by atoms with Gasteiger partial charge in [-0.1, -0.05) is 84.0 Å². The molecule has 3 aromatic carbocycles. The van der Waals surface area contributed by atoms with Crippen LogP contribution in [0, 0.1) is 0 Å². The Morgan fingerprint density at radius 3 is 2.00 bits per heavy atom. The average Bonchev–Trinajstić information content (AvgIpc) is 2.77. The number of hydrogen-bond donors (Lipinski definition) is 0. The minimum absolute atomic E-state index is 0.000735. The van der Waals surface area contributed by atoms with Gasteiger partial charge in [0, 0.05) is 0 Å². The molecule has 3 aromatic rings. The molecule has 180 valence electrons. The molecule has 0 amide bonds. The fourth-order valence-electron chi connectivity index (χ4n) is 3.54. The fraction of sp³-hybridized carbons (Fsp3) is 0.367. The van der Waals surface area contributed by atoms with E-state index < -0.39 is 5.97 Å². The predicted octanol–water partition coefficient (Wildman–Crippen LogP) is 7.68. The van der Waals surface area contributed by atoms with E-state index in [9.17, 15) is 4.79 Å². The SMILES string of the molecule is CCOC(=O)COc1ccc(-c2ccc(C(C)(C)C)cc2)cc1Oc1cccc(C(C)(C)C)c1. The molecule has 0 aliphatic carbocycles. The Balaban J connectivity index is 1.95. The summed E-state index contributed by atoms with van der Waals surface area (Å²) in [4.78, 5) is 11.9. The van der Waals surface area contributed by atoms with Crippen LogP contribution >= 0.6 is 0 Å². The van der Waals surface area contributed by atoms with E-state index in [-0.39, 0.29) is 17.4 Å². The van der Waals surface area contributed by atoms with Crippen molar-refractivity contribution in [2.24, 2.45) is 0 Å². The van der Waals surface area contributed by atoms with Crippen molar-refractivity contribution in [3.63, 3.8) is 0 Å². The van der Waals surface area contributed by atoms with Gasteiger partial charge < -0.3 is 14.2 Å². The van der Waals surface area contributed by atoms with Gasteiger partial charge in [0.25, 0.3) is 0 Å². The van der Waals surface area contributed by atoms with Gasteiger partial charge in [0.2, 0.25) is 0 Å². The Bertz CT molecular complexity index is 1120. The number of esters is 1. The van der Waals surface area contributed by atoms with Gasteiger partial charge in [-0.15, -0.1) is 0 Å². The van der Waals surface area contributed by atoms with Crippen molar-refractivity contribution in [2.75, 3.05) is 13.2 Å². The lowest BCUT2D eigenvalue weighted by Gasteiger charge is -2.20. The molecule has 4 nitrogen and oxygen atoms in total. The number of benzene rings is 3. The maximum Gasteiger partial charge on any atom is 0.344 e. The quantitative estimate of drug-likeness (QED) is 0.339. The van der Waals surface area contributed by atoms with Crippen LogP contribution in [0.1, 0.15) is 59.6 Å². The summed E-state index contributed by atoms with van der Waals surface area (Å²) in [5.74, 6) is 1.34. The third-order valence-corrected chi connectivity index (χ3v) is 5.61. The fourth-order valence-corrected chi connectivity index (χ4v) is 3.54. The molecular formula is C30H36O4. The molecule has 0 aromatic heterocycles. The predicted molar refractivity (Wildman–Crippen MR) is 138 cm³/mol. The zero-order valence-corrected chi connectivity index (χ0v) is 21.4. The molecule has 3 rings (SSSR count). The summed E-state index contributed by atoms with van der Waals surface area (Å²) in [6.45, 7) is 15.0. The van der Waals surface area contributed by atoms with E-state index in [0.717, 1.165) is 11.1 Å². The second-order valence-electron chi connectivity index (χ2n) is 10.5. The molecule has 0 spiro atoms. The maximum absolute atomic E-state index is 11.9. The van der Waals surface area contributed by atoms with Crippen LogP contribution in [0.5, 0.6) is 17.2 Å². The zero-order valence-electron chi connectivity index (χ0n) is 21.4. The maximum atomic E-state index is 11.9. The van der Waals surface area contributed by atoms with Gasteiger partial charge in [-0.05, 0) is 64.3 Å². The molecule has 0 aliphatic heterocycles. The Morgan fingerprint density at radius 1 is 0.735 bits per heavy atom. The number of carbonyl (C=O) groups is 1. The summed E-state index contributed by atoms with van der Waals surface area (Å²) < 4.78 is 17.1. The Morgan fingerprint density at radius 2 is 1.38 bits per heavy atom. The highest BCUT2D eigenvalue weighted by Gasteiger charge is 2.17. The molecule has 0 N–H and O–H groups in total. The molecule has 0 atom stereocenters. The summed E-state index contributed by atoms with van der Waals surface area (Å²) in [5.41, 5.74) is 4.63. The third kappa shape index (κ3) is 6.63. The molecule has 0 saturated heterocycles. The van der Waals surface area contributed by atoms with Gasteiger partial charge >= 0.3 is 5.97 Å². The molecule has 34 heavy (non-hydrogen) atoms. The lowest BCUT2D eigenvalue weighted by molar-refractivity contribution is -0.145. The first-order valence-electron chi connectivity index (χ1n) is 11.8. The monoisotopic (exact) mass is 460 g/mol. The first kappa shape index (κ1) is 25.4. The van der Waals surface area contributed by atoms with Crippen LogP contribution in [0.3, 0.4) is 0 Å². The zero-order chi connectivity index (χ0) is 24.9. The standard InChI is InChI=1S/C30H36O4/c1-8-32-28(31)20-33-26-17-14-22(21-12-15-23(16-13-21)29(2,3)4)18-27(26)34-25-11-9-10-24(19-25)30(5,6)7/h9-19H,8,20H2,1-7H3. The van der Waals surface area contributed by atoms with Crippen LogP contribution in [0.2, 0.25) is 0 Å². The number of carbonyl (C=O) groups excluding carboxylic acids is 1. The van der Waals surface area contributed by atoms with Crippen LogP contribution in [0.25, 0.3) is 11.1 Å². The first-order valence-corrected chi connectivity index (χ1v) is 11.8. The molecule has 0 bridgehead atoms. The smallest absolute Gasteiger partial charge is 0.344 e. The molecule has 0 radical (unpaired) electrons. The Hall–Kier alpha value is -3.27. The highest BCUT2D eigenvalue weighted by Crippen LogP contribution is 2.37. The summed E-state index contributed by atoms with van der Waals surface area (Å²) in [6.07, 6.45) is 0. The Kier molecular flexibility index (Phi) is 7.71. The summed E-state index contributed by atoms with van der Waals surface area (Å²) >= 11 is 0. The second-order valence-corrected chi connectivity index (χ2v) is 10.5.